The molecule has 7 N–H and O–H groups in total. The van der Waals surface area contributed by atoms with E-state index in [0.29, 0.717) is 47.1 Å². The summed E-state index contributed by atoms with van der Waals surface area (Å²) in [5, 5.41) is 48.6. The summed E-state index contributed by atoms with van der Waals surface area (Å²) in [7, 11) is 0. The average molecular weight is 842 g/mol. The zero-order chi connectivity index (χ0) is 44.1. The minimum absolute atomic E-state index is 0.00180. The van der Waals surface area contributed by atoms with Crippen LogP contribution in [0.15, 0.2) is 97.1 Å². The van der Waals surface area contributed by atoms with Gasteiger partial charge in [-0.1, -0.05) is 25.0 Å². The molecule has 322 valence electrons. The van der Waals surface area contributed by atoms with Crippen molar-refractivity contribution in [3.05, 3.63) is 140 Å². The maximum absolute atomic E-state index is 12.5. The molecule has 19 heteroatoms. The monoisotopic (exact) mass is 841 g/mol. The van der Waals surface area contributed by atoms with Crippen LogP contribution in [0.4, 0.5) is 22.7 Å². The number of hydrogen-bond acceptors (Lipinski definition) is 14. The van der Waals surface area contributed by atoms with Gasteiger partial charge in [0.15, 0.2) is 0 Å². The summed E-state index contributed by atoms with van der Waals surface area (Å²) < 4.78 is 11.5. The maximum atomic E-state index is 12.5. The number of imide groups is 1. The van der Waals surface area contributed by atoms with E-state index in [1.165, 1.54) is 41.3 Å². The highest BCUT2D eigenvalue weighted by Crippen LogP contribution is 2.28. The molecule has 0 saturated carbocycles. The van der Waals surface area contributed by atoms with Gasteiger partial charge in [-0.3, -0.25) is 44.3 Å². The molecule has 1 heterocycles. The summed E-state index contributed by atoms with van der Waals surface area (Å²) in [6.07, 6.45) is 5.92. The number of aliphatic hydroxyl groups excluding tert-OH is 2. The number of benzene rings is 4. The van der Waals surface area contributed by atoms with Crippen molar-refractivity contribution >= 4 is 46.4 Å². The molecule has 4 amide bonds. The van der Waals surface area contributed by atoms with Gasteiger partial charge in [0.25, 0.3) is 23.2 Å². The number of amides is 4. The number of hydrogen-bond donors (Lipinski definition) is 6. The standard InChI is InChI=1S/C26H30N4O7.C16H17N3O5/c31-17-20-7-10-23(37-18-19-5-8-21(9-6-19)30(35)36)22(15-20)28-24(32)16-27-13-3-1-2-4-14-29-25(33)11-12-26(29)34;17-8-16(21)18-14-7-12(9-20)3-6-15(14)24-10-11-1-4-13(5-2-11)19(22)23/h5-12,15,27,31H,1-4,13-14,16-18H2,(H,28,32);1-7,20H,8-10,17H2,(H,18,21). The Kier molecular flexibility index (Phi) is 18.4. The van der Waals surface area contributed by atoms with Crippen LogP contribution in [0.5, 0.6) is 11.5 Å². The lowest BCUT2D eigenvalue weighted by molar-refractivity contribution is -0.385. The number of nitro groups is 2. The van der Waals surface area contributed by atoms with Crippen molar-refractivity contribution in [1.29, 1.82) is 0 Å². The van der Waals surface area contributed by atoms with E-state index in [9.17, 15) is 49.6 Å². The van der Waals surface area contributed by atoms with Crippen molar-refractivity contribution in [2.24, 2.45) is 5.73 Å². The molecule has 19 nitrogen and oxygen atoms in total. The van der Waals surface area contributed by atoms with Crippen LogP contribution in [0.1, 0.15) is 47.9 Å². The van der Waals surface area contributed by atoms with Crippen LogP contribution in [0.25, 0.3) is 0 Å². The Bertz CT molecular complexity index is 2160. The van der Waals surface area contributed by atoms with Gasteiger partial charge in [-0.2, -0.15) is 0 Å². The van der Waals surface area contributed by atoms with E-state index in [-0.39, 0.29) is 74.5 Å². The Morgan fingerprint density at radius 2 is 1.08 bits per heavy atom. The number of unbranched alkanes of at least 4 members (excludes halogenated alkanes) is 3. The summed E-state index contributed by atoms with van der Waals surface area (Å²) in [5.74, 6) is -0.357. The molecule has 0 aliphatic carbocycles. The summed E-state index contributed by atoms with van der Waals surface area (Å²) in [4.78, 5) is 68.7. The first-order valence-electron chi connectivity index (χ1n) is 19.1. The average Bonchev–Trinajstić information content (AvgIpc) is 3.59. The molecule has 61 heavy (non-hydrogen) atoms. The van der Waals surface area contributed by atoms with E-state index in [1.54, 1.807) is 60.7 Å². The number of nitro benzene ring substituents is 2. The first kappa shape index (κ1) is 46.6. The topological polar surface area (TPSA) is 279 Å². The van der Waals surface area contributed by atoms with Crippen LogP contribution in [-0.2, 0) is 45.6 Å². The number of nitrogens with zero attached hydrogens (tertiary/aromatic N) is 3. The molecule has 5 rings (SSSR count). The van der Waals surface area contributed by atoms with Crippen LogP contribution in [0.3, 0.4) is 0 Å². The van der Waals surface area contributed by atoms with E-state index in [0.717, 1.165) is 36.8 Å². The third kappa shape index (κ3) is 15.2. The second-order valence-electron chi connectivity index (χ2n) is 13.5. The molecular weight excluding hydrogens is 794 g/mol. The summed E-state index contributed by atoms with van der Waals surface area (Å²) in [5.41, 5.74) is 8.79. The number of rotatable bonds is 22. The molecule has 0 radical (unpaired) electrons. The van der Waals surface area contributed by atoms with Gasteiger partial charge in [0.05, 0.1) is 47.5 Å². The van der Waals surface area contributed by atoms with Crippen LogP contribution in [0.2, 0.25) is 0 Å². The number of nitrogens with two attached hydrogens (primary N) is 1. The molecule has 0 bridgehead atoms. The van der Waals surface area contributed by atoms with Gasteiger partial charge < -0.3 is 41.4 Å². The SMILES string of the molecule is NCC(=O)Nc1cc(CO)ccc1OCc1ccc([N+](=O)[O-])cc1.O=C(CNCCCCCCN1C(=O)C=CC1=O)Nc1cc(CO)ccc1OCc1ccc([N+](=O)[O-])cc1. The van der Waals surface area contributed by atoms with Gasteiger partial charge in [-0.15, -0.1) is 0 Å². The van der Waals surface area contributed by atoms with Crippen molar-refractivity contribution in [3.63, 3.8) is 0 Å². The van der Waals surface area contributed by atoms with Gasteiger partial charge in [0, 0.05) is 43.0 Å². The first-order chi connectivity index (χ1) is 29.4. The van der Waals surface area contributed by atoms with Gasteiger partial charge in [-0.05, 0) is 90.2 Å². The van der Waals surface area contributed by atoms with E-state index in [4.69, 9.17) is 15.2 Å². The molecule has 4 aromatic carbocycles. The number of carbonyl (C=O) groups excluding carboxylic acids is 4. The van der Waals surface area contributed by atoms with E-state index >= 15 is 0 Å². The zero-order valence-corrected chi connectivity index (χ0v) is 33.1. The van der Waals surface area contributed by atoms with E-state index in [2.05, 4.69) is 16.0 Å². The number of anilines is 2. The van der Waals surface area contributed by atoms with Gasteiger partial charge in [-0.25, -0.2) is 0 Å². The number of aliphatic hydroxyl groups is 2. The third-order valence-corrected chi connectivity index (χ3v) is 8.94. The minimum Gasteiger partial charge on any atom is -0.487 e. The number of carbonyl (C=O) groups is 4. The molecule has 1 aliphatic rings. The fourth-order valence-electron chi connectivity index (χ4n) is 5.67. The molecule has 0 saturated heterocycles. The summed E-state index contributed by atoms with van der Waals surface area (Å²) in [6.45, 7) is 0.919. The normalized spacial score (nSPS) is 11.8. The first-order valence-corrected chi connectivity index (χ1v) is 19.1. The second kappa shape index (κ2) is 24.1. The number of non-ortho nitro benzene ring substituents is 2. The Labute approximate surface area is 350 Å². The van der Waals surface area contributed by atoms with Crippen LogP contribution >= 0.6 is 0 Å². The molecule has 0 spiro atoms. The van der Waals surface area contributed by atoms with Gasteiger partial charge >= 0.3 is 0 Å². The van der Waals surface area contributed by atoms with Gasteiger partial charge in [0.2, 0.25) is 11.8 Å². The largest absolute Gasteiger partial charge is 0.487 e. The zero-order valence-electron chi connectivity index (χ0n) is 33.1. The molecule has 0 atom stereocenters. The Morgan fingerprint density at radius 1 is 0.639 bits per heavy atom. The van der Waals surface area contributed by atoms with Crippen LogP contribution in [-0.4, -0.2) is 74.8 Å². The lowest BCUT2D eigenvalue weighted by atomic mass is 10.2. The highest BCUT2D eigenvalue weighted by Gasteiger charge is 2.22. The van der Waals surface area contributed by atoms with Crippen molar-refractivity contribution in [3.8, 4) is 11.5 Å². The Balaban J connectivity index is 0.000000294. The Hall–Kier alpha value is -7.06. The summed E-state index contributed by atoms with van der Waals surface area (Å²) >= 11 is 0. The number of nitrogens with one attached hydrogen (secondary N) is 3. The molecule has 1 aliphatic heterocycles. The highest BCUT2D eigenvalue weighted by atomic mass is 16.6. The highest BCUT2D eigenvalue weighted by molar-refractivity contribution is 6.12. The molecular formula is C42H47N7O12. The van der Waals surface area contributed by atoms with Crippen molar-refractivity contribution in [2.45, 2.75) is 52.1 Å². The van der Waals surface area contributed by atoms with Gasteiger partial charge in [0.1, 0.15) is 24.7 Å². The summed E-state index contributed by atoms with van der Waals surface area (Å²) in [6, 6.07) is 21.8. The second-order valence-corrected chi connectivity index (χ2v) is 13.5. The third-order valence-electron chi connectivity index (χ3n) is 8.94. The Morgan fingerprint density at radius 3 is 1.52 bits per heavy atom. The number of ether oxygens (including phenoxy) is 2. The molecule has 0 fully saturated rings. The van der Waals surface area contributed by atoms with Crippen molar-refractivity contribution in [1.82, 2.24) is 10.2 Å². The van der Waals surface area contributed by atoms with E-state index in [1.807, 2.05) is 0 Å². The smallest absolute Gasteiger partial charge is 0.269 e. The van der Waals surface area contributed by atoms with Crippen LogP contribution in [0, 0.1) is 20.2 Å². The minimum atomic E-state index is -0.474. The fraction of sp³-hybridized carbons (Fsp3) is 0.286. The van der Waals surface area contributed by atoms with E-state index < -0.39 is 9.85 Å². The van der Waals surface area contributed by atoms with Crippen molar-refractivity contribution in [2.75, 3.05) is 36.8 Å². The molecule has 0 unspecified atom stereocenters. The maximum Gasteiger partial charge on any atom is 0.269 e. The predicted molar refractivity (Wildman–Crippen MR) is 223 cm³/mol. The fourth-order valence-corrected chi connectivity index (χ4v) is 5.67. The van der Waals surface area contributed by atoms with Crippen LogP contribution < -0.4 is 31.2 Å². The predicted octanol–water partition coefficient (Wildman–Crippen LogP) is 4.24. The lowest BCUT2D eigenvalue weighted by Crippen LogP contribution is -2.31. The van der Waals surface area contributed by atoms with Crippen molar-refractivity contribution < 1.29 is 48.7 Å². The quantitative estimate of drug-likeness (QED) is 0.0280. The molecule has 4 aromatic rings. The molecule has 0 aromatic heterocycles. The lowest BCUT2D eigenvalue weighted by Gasteiger charge is -2.14.